The maximum atomic E-state index is 12.0. The van der Waals surface area contributed by atoms with E-state index in [0.717, 1.165) is 22.7 Å². The molecule has 10 heteroatoms. The van der Waals surface area contributed by atoms with Crippen molar-refractivity contribution in [3.8, 4) is 11.5 Å². The molecule has 0 aliphatic rings. The summed E-state index contributed by atoms with van der Waals surface area (Å²) in [4.78, 5) is 21.4. The van der Waals surface area contributed by atoms with Gasteiger partial charge < -0.3 is 24.8 Å². The second kappa shape index (κ2) is 14.1. The van der Waals surface area contributed by atoms with Gasteiger partial charge in [0.2, 0.25) is 0 Å². The van der Waals surface area contributed by atoms with Crippen LogP contribution in [0.25, 0.3) is 0 Å². The van der Waals surface area contributed by atoms with Gasteiger partial charge in [0.15, 0.2) is 17.5 Å². The Bertz CT molecular complexity index is 904. The summed E-state index contributed by atoms with van der Waals surface area (Å²) in [5.41, 5.74) is 1.71. The van der Waals surface area contributed by atoms with E-state index in [1.807, 2.05) is 32.0 Å². The topological polar surface area (TPSA) is 94.1 Å². The maximum Gasteiger partial charge on any atom is 0.350 e. The summed E-state index contributed by atoms with van der Waals surface area (Å²) >= 11 is 1.33. The zero-order valence-corrected chi connectivity index (χ0v) is 22.6. The zero-order chi connectivity index (χ0) is 22.8. The van der Waals surface area contributed by atoms with Gasteiger partial charge in [0.05, 0.1) is 32.1 Å². The SMILES string of the molecule is CCCOc1ccc(CNC(=NC)NC(C)c2nc(C)c(C(=O)OCC)s2)cc1OC.I. The predicted octanol–water partition coefficient (Wildman–Crippen LogP) is 4.47. The van der Waals surface area contributed by atoms with E-state index >= 15 is 0 Å². The van der Waals surface area contributed by atoms with Crippen LogP contribution in [0.2, 0.25) is 0 Å². The highest BCUT2D eigenvalue weighted by Crippen LogP contribution is 2.28. The number of aryl methyl sites for hydroxylation is 1. The second-order valence-corrected chi connectivity index (χ2v) is 7.84. The number of nitrogens with one attached hydrogen (secondary N) is 2. The van der Waals surface area contributed by atoms with Crippen molar-refractivity contribution in [2.45, 2.75) is 46.7 Å². The molecule has 2 aromatic rings. The molecule has 0 aliphatic heterocycles. The number of guanidine groups is 1. The molecule has 1 aromatic carbocycles. The molecule has 0 bridgehead atoms. The Balaban J connectivity index is 0.00000512. The molecule has 1 unspecified atom stereocenters. The van der Waals surface area contributed by atoms with Crippen LogP contribution in [-0.2, 0) is 11.3 Å². The van der Waals surface area contributed by atoms with E-state index in [4.69, 9.17) is 14.2 Å². The number of ether oxygens (including phenoxy) is 3. The molecular weight excluding hydrogens is 543 g/mol. The van der Waals surface area contributed by atoms with E-state index in [-0.39, 0.29) is 36.0 Å². The van der Waals surface area contributed by atoms with Crippen molar-refractivity contribution in [3.63, 3.8) is 0 Å². The van der Waals surface area contributed by atoms with Crippen molar-refractivity contribution in [2.24, 2.45) is 4.99 Å². The molecule has 1 atom stereocenters. The minimum atomic E-state index is -0.334. The lowest BCUT2D eigenvalue weighted by atomic mass is 10.2. The van der Waals surface area contributed by atoms with Crippen LogP contribution in [0, 0.1) is 6.92 Å². The molecule has 0 spiro atoms. The van der Waals surface area contributed by atoms with Crippen LogP contribution in [0.5, 0.6) is 11.5 Å². The maximum absolute atomic E-state index is 12.0. The fourth-order valence-electron chi connectivity index (χ4n) is 2.79. The third-order valence-corrected chi connectivity index (χ3v) is 5.69. The Labute approximate surface area is 211 Å². The number of hydrogen-bond donors (Lipinski definition) is 2. The standard InChI is InChI=1S/C22H32N4O4S.HI/c1-7-11-30-17-10-9-16(12-18(17)28-6)13-24-22(23-5)26-15(4)20-25-14(3)19(31-20)21(27)29-8-2;/h9-10,12,15H,7-8,11,13H2,1-6H3,(H2,23,24,26);1H. The first-order valence-electron chi connectivity index (χ1n) is 10.3. The van der Waals surface area contributed by atoms with E-state index in [2.05, 4.69) is 27.5 Å². The molecule has 8 nitrogen and oxygen atoms in total. The largest absolute Gasteiger partial charge is 0.493 e. The van der Waals surface area contributed by atoms with Gasteiger partial charge in [-0.2, -0.15) is 0 Å². The van der Waals surface area contributed by atoms with Gasteiger partial charge in [-0.05, 0) is 44.9 Å². The first-order valence-corrected chi connectivity index (χ1v) is 11.2. The second-order valence-electron chi connectivity index (χ2n) is 6.81. The highest BCUT2D eigenvalue weighted by atomic mass is 127. The summed E-state index contributed by atoms with van der Waals surface area (Å²) in [7, 11) is 3.34. The average Bonchev–Trinajstić information content (AvgIpc) is 3.17. The Morgan fingerprint density at radius 1 is 1.28 bits per heavy atom. The molecule has 0 radical (unpaired) electrons. The summed E-state index contributed by atoms with van der Waals surface area (Å²) in [5.74, 6) is 1.73. The van der Waals surface area contributed by atoms with Gasteiger partial charge in [0.25, 0.3) is 0 Å². The van der Waals surface area contributed by atoms with Crippen molar-refractivity contribution < 1.29 is 19.0 Å². The molecule has 0 saturated heterocycles. The lowest BCUT2D eigenvalue weighted by molar-refractivity contribution is 0.0531. The first-order chi connectivity index (χ1) is 14.9. The summed E-state index contributed by atoms with van der Waals surface area (Å²) in [6, 6.07) is 5.73. The van der Waals surface area contributed by atoms with Gasteiger partial charge in [-0.1, -0.05) is 13.0 Å². The minimum Gasteiger partial charge on any atom is -0.493 e. The number of aliphatic imine (C=N–C) groups is 1. The molecule has 2 rings (SSSR count). The molecule has 0 fully saturated rings. The number of benzene rings is 1. The quantitative estimate of drug-likeness (QED) is 0.187. The van der Waals surface area contributed by atoms with Gasteiger partial charge in [-0.25, -0.2) is 9.78 Å². The lowest BCUT2D eigenvalue weighted by Gasteiger charge is -2.17. The van der Waals surface area contributed by atoms with Crippen LogP contribution in [0.4, 0.5) is 0 Å². The van der Waals surface area contributed by atoms with Crippen LogP contribution in [0.3, 0.4) is 0 Å². The fourth-order valence-corrected chi connectivity index (χ4v) is 3.75. The van der Waals surface area contributed by atoms with E-state index in [9.17, 15) is 4.79 Å². The third kappa shape index (κ3) is 7.80. The minimum absolute atomic E-state index is 0. The van der Waals surface area contributed by atoms with Gasteiger partial charge >= 0.3 is 5.97 Å². The number of nitrogens with zero attached hydrogens (tertiary/aromatic N) is 2. The molecule has 178 valence electrons. The Morgan fingerprint density at radius 3 is 2.66 bits per heavy atom. The van der Waals surface area contributed by atoms with Crippen LogP contribution in [-0.4, -0.2) is 44.3 Å². The number of methoxy groups -OCH3 is 1. The number of rotatable bonds is 10. The van der Waals surface area contributed by atoms with E-state index in [1.54, 1.807) is 21.1 Å². The van der Waals surface area contributed by atoms with Gasteiger partial charge in [-0.3, -0.25) is 4.99 Å². The number of carbonyl (C=O) groups excluding carboxylic acids is 1. The molecule has 0 amide bonds. The zero-order valence-electron chi connectivity index (χ0n) is 19.5. The molecule has 2 N–H and O–H groups in total. The highest BCUT2D eigenvalue weighted by Gasteiger charge is 2.20. The smallest absolute Gasteiger partial charge is 0.350 e. The molecule has 0 aliphatic carbocycles. The first kappa shape index (κ1) is 28.0. The van der Waals surface area contributed by atoms with Gasteiger partial charge in [-0.15, -0.1) is 35.3 Å². The summed E-state index contributed by atoms with van der Waals surface area (Å²) in [6.07, 6.45) is 0.937. The Morgan fingerprint density at radius 2 is 2.03 bits per heavy atom. The summed E-state index contributed by atoms with van der Waals surface area (Å²) in [5, 5.41) is 7.40. The molecular formula is C22H33IN4O4S. The Hall–Kier alpha value is -2.08. The van der Waals surface area contributed by atoms with Crippen LogP contribution >= 0.6 is 35.3 Å². The van der Waals surface area contributed by atoms with Crippen molar-refractivity contribution in [1.82, 2.24) is 15.6 Å². The van der Waals surface area contributed by atoms with Crippen molar-refractivity contribution in [3.05, 3.63) is 39.3 Å². The van der Waals surface area contributed by atoms with Gasteiger partial charge in [0, 0.05) is 13.6 Å². The number of thiazole rings is 1. The van der Waals surface area contributed by atoms with E-state index < -0.39 is 0 Å². The van der Waals surface area contributed by atoms with Crippen LogP contribution < -0.4 is 20.1 Å². The van der Waals surface area contributed by atoms with Gasteiger partial charge in [0.1, 0.15) is 9.88 Å². The summed E-state index contributed by atoms with van der Waals surface area (Å²) in [6.45, 7) is 9.19. The monoisotopic (exact) mass is 576 g/mol. The van der Waals surface area contributed by atoms with Crippen molar-refractivity contribution >= 4 is 47.2 Å². The number of halogens is 1. The summed E-state index contributed by atoms with van der Waals surface area (Å²) < 4.78 is 16.2. The number of hydrogen-bond acceptors (Lipinski definition) is 7. The lowest BCUT2D eigenvalue weighted by Crippen LogP contribution is -2.38. The number of carbonyl (C=O) groups is 1. The number of esters is 1. The van der Waals surface area contributed by atoms with Crippen LogP contribution in [0.1, 0.15) is 59.2 Å². The van der Waals surface area contributed by atoms with E-state index in [1.165, 1.54) is 11.3 Å². The molecule has 0 saturated carbocycles. The van der Waals surface area contributed by atoms with Crippen molar-refractivity contribution in [1.29, 1.82) is 0 Å². The Kier molecular flexibility index (Phi) is 12.4. The molecule has 1 heterocycles. The molecule has 32 heavy (non-hydrogen) atoms. The number of aromatic nitrogens is 1. The normalized spacial score (nSPS) is 11.9. The molecule has 1 aromatic heterocycles. The fraction of sp³-hybridized carbons (Fsp3) is 0.500. The van der Waals surface area contributed by atoms with Crippen LogP contribution in [0.15, 0.2) is 23.2 Å². The van der Waals surface area contributed by atoms with Crippen molar-refractivity contribution in [2.75, 3.05) is 27.4 Å². The predicted molar refractivity (Wildman–Crippen MR) is 139 cm³/mol. The van der Waals surface area contributed by atoms with E-state index in [0.29, 0.717) is 42.0 Å². The average molecular weight is 577 g/mol. The third-order valence-electron chi connectivity index (χ3n) is 4.37. The highest BCUT2D eigenvalue weighted by molar-refractivity contribution is 14.0.